The maximum Gasteiger partial charge on any atom is 0.249 e. The molecule has 4 aromatic rings. The van der Waals surface area contributed by atoms with E-state index in [0.29, 0.717) is 5.13 Å². The van der Waals surface area contributed by atoms with Crippen molar-refractivity contribution >= 4 is 45.3 Å². The molecule has 0 saturated carbocycles. The van der Waals surface area contributed by atoms with Crippen molar-refractivity contribution in [2.24, 2.45) is 0 Å². The lowest BCUT2D eigenvalue weighted by Gasteiger charge is -2.42. The molecule has 3 heterocycles. The summed E-state index contributed by atoms with van der Waals surface area (Å²) in [4.78, 5) is 23.6. The molecule has 2 aromatic carbocycles. The highest BCUT2D eigenvalue weighted by molar-refractivity contribution is 7.16. The molecule has 0 spiro atoms. The lowest BCUT2D eigenvalue weighted by Crippen LogP contribution is -2.56. The zero-order valence-electron chi connectivity index (χ0n) is 15.4. The molecule has 1 amide bonds. The first-order chi connectivity index (χ1) is 14.1. The molecule has 7 heteroatoms. The van der Waals surface area contributed by atoms with Gasteiger partial charge in [-0.05, 0) is 12.5 Å². The molecule has 144 valence electrons. The molecule has 0 aliphatic carbocycles. The maximum atomic E-state index is 12.5. The van der Waals surface area contributed by atoms with Gasteiger partial charge in [0, 0.05) is 16.3 Å². The summed E-state index contributed by atoms with van der Waals surface area (Å²) >= 11 is 9.35. The van der Waals surface area contributed by atoms with E-state index < -0.39 is 5.38 Å². The average Bonchev–Trinajstić information content (AvgIpc) is 3.42. The quantitative estimate of drug-likeness (QED) is 0.293. The van der Waals surface area contributed by atoms with E-state index in [0.717, 1.165) is 27.5 Å². The number of carbonyl (C=O) groups is 1. The molecule has 2 aromatic heterocycles. The van der Waals surface area contributed by atoms with Crippen LogP contribution in [0.5, 0.6) is 0 Å². The largest absolute Gasteiger partial charge is 0.277 e. The number of aromatic nitrogens is 2. The van der Waals surface area contributed by atoms with E-state index >= 15 is 0 Å². The van der Waals surface area contributed by atoms with Crippen LogP contribution in [0.2, 0.25) is 0 Å². The molecule has 29 heavy (non-hydrogen) atoms. The molecule has 0 bridgehead atoms. The Morgan fingerprint density at radius 1 is 0.931 bits per heavy atom. The molecule has 1 fully saturated rings. The summed E-state index contributed by atoms with van der Waals surface area (Å²) in [6.07, 6.45) is 0. The van der Waals surface area contributed by atoms with E-state index in [4.69, 9.17) is 21.6 Å². The number of anilines is 1. The fraction of sp³-hybridized carbons (Fsp3) is 0.136. The van der Waals surface area contributed by atoms with Crippen molar-refractivity contribution in [1.82, 2.24) is 9.97 Å². The van der Waals surface area contributed by atoms with Crippen LogP contribution in [0.25, 0.3) is 22.0 Å². The van der Waals surface area contributed by atoms with Gasteiger partial charge < -0.3 is 0 Å². The highest BCUT2D eigenvalue weighted by Gasteiger charge is 2.49. The number of carbonyl (C=O) groups excluding carboxylic acids is 1. The van der Waals surface area contributed by atoms with E-state index in [9.17, 15) is 4.79 Å². The van der Waals surface area contributed by atoms with Crippen molar-refractivity contribution in [1.29, 1.82) is 0 Å². The van der Waals surface area contributed by atoms with Crippen molar-refractivity contribution in [3.63, 3.8) is 0 Å². The van der Waals surface area contributed by atoms with Gasteiger partial charge in [-0.2, -0.15) is 0 Å². The zero-order valence-corrected chi connectivity index (χ0v) is 17.8. The van der Waals surface area contributed by atoms with E-state index in [-0.39, 0.29) is 11.9 Å². The molecule has 1 saturated heterocycles. The highest BCUT2D eigenvalue weighted by Crippen LogP contribution is 2.44. The molecular weight excluding hydrogens is 422 g/mol. The van der Waals surface area contributed by atoms with Gasteiger partial charge in [0.15, 0.2) is 5.13 Å². The molecule has 2 unspecified atom stereocenters. The first-order valence-corrected chi connectivity index (χ1v) is 11.3. The number of alkyl halides is 1. The number of amides is 1. The normalized spacial score (nSPS) is 18.7. The molecule has 0 N–H and O–H groups in total. The summed E-state index contributed by atoms with van der Waals surface area (Å²) in [5.41, 5.74) is 4.98. The molecule has 2 atom stereocenters. The van der Waals surface area contributed by atoms with Crippen molar-refractivity contribution in [2.75, 3.05) is 4.90 Å². The molecule has 1 aliphatic rings. The first-order valence-electron chi connectivity index (χ1n) is 9.12. The van der Waals surface area contributed by atoms with E-state index in [1.165, 1.54) is 16.9 Å². The van der Waals surface area contributed by atoms with Crippen LogP contribution in [0.15, 0.2) is 65.4 Å². The van der Waals surface area contributed by atoms with Crippen LogP contribution in [0.3, 0.4) is 0 Å². The minimum Gasteiger partial charge on any atom is -0.277 e. The Morgan fingerprint density at radius 2 is 1.66 bits per heavy atom. The second-order valence-electron chi connectivity index (χ2n) is 6.88. The molecule has 5 rings (SSSR count). The van der Waals surface area contributed by atoms with Crippen molar-refractivity contribution < 1.29 is 4.79 Å². The summed E-state index contributed by atoms with van der Waals surface area (Å²) < 4.78 is 0. The zero-order chi connectivity index (χ0) is 20.0. The number of rotatable bonds is 4. The summed E-state index contributed by atoms with van der Waals surface area (Å²) in [6.45, 7) is 2.04. The van der Waals surface area contributed by atoms with E-state index in [1.54, 1.807) is 16.2 Å². The lowest BCUT2D eigenvalue weighted by molar-refractivity contribution is -0.123. The smallest absolute Gasteiger partial charge is 0.249 e. The Morgan fingerprint density at radius 3 is 2.41 bits per heavy atom. The number of benzene rings is 2. The number of halogens is 1. The van der Waals surface area contributed by atoms with Crippen LogP contribution >= 0.6 is 34.3 Å². The Bertz CT molecular complexity index is 1170. The lowest BCUT2D eigenvalue weighted by atomic mass is 9.93. The Kier molecular flexibility index (Phi) is 4.70. The first kappa shape index (κ1) is 18.5. The van der Waals surface area contributed by atoms with Gasteiger partial charge in [-0.25, -0.2) is 9.97 Å². The van der Waals surface area contributed by atoms with Gasteiger partial charge in [-0.3, -0.25) is 9.69 Å². The number of hydrogen-bond donors (Lipinski definition) is 0. The Hall–Kier alpha value is -2.54. The van der Waals surface area contributed by atoms with Gasteiger partial charge >= 0.3 is 0 Å². The van der Waals surface area contributed by atoms with Crippen LogP contribution in [0.1, 0.15) is 17.2 Å². The van der Waals surface area contributed by atoms with Crippen LogP contribution < -0.4 is 4.90 Å². The second kappa shape index (κ2) is 7.37. The number of nitrogens with zero attached hydrogens (tertiary/aromatic N) is 3. The molecule has 0 radical (unpaired) electrons. The minimum atomic E-state index is -0.561. The Balaban J connectivity index is 1.43. The highest BCUT2D eigenvalue weighted by atomic mass is 35.5. The Labute approximate surface area is 181 Å². The summed E-state index contributed by atoms with van der Waals surface area (Å²) in [6, 6.07) is 18.0. The van der Waals surface area contributed by atoms with Crippen LogP contribution in [-0.4, -0.2) is 21.3 Å². The standard InChI is InChI=1S/C22H16ClN3OS2/c1-13-7-9-15(10-8-13)19-18(23)21(27)26(19)22-25-17(12-29-22)20-24-16(11-28-20)14-5-3-2-4-6-14/h2-12,18-19H,1H3. The van der Waals surface area contributed by atoms with Crippen molar-refractivity contribution in [2.45, 2.75) is 18.3 Å². The van der Waals surface area contributed by atoms with Gasteiger partial charge in [0.1, 0.15) is 16.1 Å². The van der Waals surface area contributed by atoms with Gasteiger partial charge in [0.05, 0.1) is 11.7 Å². The predicted molar refractivity (Wildman–Crippen MR) is 120 cm³/mol. The van der Waals surface area contributed by atoms with Crippen molar-refractivity contribution in [3.05, 3.63) is 76.5 Å². The number of β-lactam (4-membered cyclic amide) rings is 1. The summed E-state index contributed by atoms with van der Waals surface area (Å²) in [5.74, 6) is -0.109. The van der Waals surface area contributed by atoms with Gasteiger partial charge in [-0.15, -0.1) is 34.3 Å². The number of aryl methyl sites for hydroxylation is 1. The van der Waals surface area contributed by atoms with Crippen LogP contribution in [-0.2, 0) is 4.79 Å². The molecular formula is C22H16ClN3OS2. The third-order valence-corrected chi connectivity index (χ3v) is 7.07. The fourth-order valence-corrected chi connectivity index (χ4v) is 5.43. The second-order valence-corrected chi connectivity index (χ2v) is 9.05. The van der Waals surface area contributed by atoms with Gasteiger partial charge in [0.2, 0.25) is 5.91 Å². The topological polar surface area (TPSA) is 46.1 Å². The van der Waals surface area contributed by atoms with Crippen LogP contribution in [0.4, 0.5) is 5.13 Å². The van der Waals surface area contributed by atoms with Gasteiger partial charge in [-0.1, -0.05) is 60.2 Å². The van der Waals surface area contributed by atoms with Crippen molar-refractivity contribution in [3.8, 4) is 22.0 Å². The number of thiazole rings is 2. The number of hydrogen-bond acceptors (Lipinski definition) is 5. The van der Waals surface area contributed by atoms with Gasteiger partial charge in [0.25, 0.3) is 0 Å². The summed E-state index contributed by atoms with van der Waals surface area (Å²) in [5, 5.41) is 4.92. The summed E-state index contributed by atoms with van der Waals surface area (Å²) in [7, 11) is 0. The predicted octanol–water partition coefficient (Wildman–Crippen LogP) is 5.94. The monoisotopic (exact) mass is 437 g/mol. The fourth-order valence-electron chi connectivity index (χ4n) is 3.35. The minimum absolute atomic E-state index is 0.109. The maximum absolute atomic E-state index is 12.5. The molecule has 1 aliphatic heterocycles. The molecule has 4 nitrogen and oxygen atoms in total. The average molecular weight is 438 g/mol. The van der Waals surface area contributed by atoms with Crippen LogP contribution in [0, 0.1) is 6.92 Å². The van der Waals surface area contributed by atoms with E-state index in [1.807, 2.05) is 72.3 Å². The third-order valence-electron chi connectivity index (χ3n) is 4.94. The van der Waals surface area contributed by atoms with E-state index in [2.05, 4.69) is 0 Å². The SMILES string of the molecule is Cc1ccc(C2C(Cl)C(=O)N2c2nc(-c3nc(-c4ccccc4)cs3)cs2)cc1. The third kappa shape index (κ3) is 3.27.